The zero-order valence-corrected chi connectivity index (χ0v) is 25.8. The number of carbonyl (C=O) groups is 2. The maximum atomic E-state index is 12.0. The number of ether oxygens (including phenoxy) is 2. The van der Waals surface area contributed by atoms with Crippen molar-refractivity contribution in [2.45, 2.75) is 126 Å². The lowest BCUT2D eigenvalue weighted by Gasteiger charge is -2.06. The van der Waals surface area contributed by atoms with E-state index in [2.05, 4.69) is 59.8 Å². The normalized spacial score (nSPS) is 13.1. The highest BCUT2D eigenvalue weighted by atomic mass is 16.5. The van der Waals surface area contributed by atoms with E-state index in [4.69, 9.17) is 9.47 Å². The largest absolute Gasteiger partial charge is 0.463 e. The van der Waals surface area contributed by atoms with Gasteiger partial charge in [0.1, 0.15) is 0 Å². The van der Waals surface area contributed by atoms with Gasteiger partial charge in [0.15, 0.2) is 0 Å². The van der Waals surface area contributed by atoms with Crippen molar-refractivity contribution in [1.82, 2.24) is 0 Å². The van der Waals surface area contributed by atoms with Gasteiger partial charge in [-0.2, -0.15) is 0 Å². The van der Waals surface area contributed by atoms with Crippen LogP contribution in [0.1, 0.15) is 126 Å². The smallest absolute Gasteiger partial charge is 0.330 e. The van der Waals surface area contributed by atoms with Gasteiger partial charge in [-0.15, -0.1) is 0 Å². The molecule has 0 aromatic carbocycles. The Kier molecular flexibility index (Phi) is 21.2. The first kappa shape index (κ1) is 35.6. The fourth-order valence-corrected chi connectivity index (χ4v) is 3.85. The molecule has 0 aliphatic carbocycles. The third kappa shape index (κ3) is 24.0. The first-order chi connectivity index (χ1) is 18.0. The zero-order chi connectivity index (χ0) is 28.8. The maximum Gasteiger partial charge on any atom is 0.330 e. The molecule has 38 heavy (non-hydrogen) atoms. The Morgan fingerprint density at radius 2 is 1.00 bits per heavy atom. The molecule has 0 radical (unpaired) electrons. The molecule has 4 heteroatoms. The van der Waals surface area contributed by atoms with E-state index in [9.17, 15) is 9.59 Å². The molecule has 0 rings (SSSR count). The summed E-state index contributed by atoms with van der Waals surface area (Å²) in [7, 11) is 0. The minimum Gasteiger partial charge on any atom is -0.463 e. The Balaban J connectivity index is 4.02. The van der Waals surface area contributed by atoms with Crippen molar-refractivity contribution in [2.24, 2.45) is 5.92 Å². The molecule has 0 aromatic heterocycles. The molecule has 0 amide bonds. The minimum absolute atomic E-state index is 0.298. The molecular weight excluding hydrogens is 472 g/mol. The molecule has 4 nitrogen and oxygen atoms in total. The van der Waals surface area contributed by atoms with Crippen molar-refractivity contribution in [3.05, 3.63) is 58.2 Å². The second-order valence-electron chi connectivity index (χ2n) is 11.3. The number of esters is 2. The van der Waals surface area contributed by atoms with E-state index in [0.717, 1.165) is 55.6 Å². The lowest BCUT2D eigenvalue weighted by atomic mass is 10.0. The molecule has 0 spiro atoms. The third-order valence-electron chi connectivity index (χ3n) is 6.26. The van der Waals surface area contributed by atoms with Gasteiger partial charge in [-0.25, -0.2) is 9.59 Å². The standard InChI is InChI=1S/C34H56O4/c1-27(2)15-11-17-29(5)18-13-19-30(6)20-14-22-32(8)26-34(36)38-24-10-9-23-37-33(35)25-31(7)21-12-16-28(3)4/h16,18,20,25-27H,9-15,17,19,21-24H2,1-8H3/b29-18+,30-20+,31-25+,32-26+. The summed E-state index contributed by atoms with van der Waals surface area (Å²) < 4.78 is 10.5. The number of carbonyl (C=O) groups excluding carboxylic acids is 2. The van der Waals surface area contributed by atoms with Gasteiger partial charge in [0.2, 0.25) is 0 Å². The molecule has 0 unspecified atom stereocenters. The van der Waals surface area contributed by atoms with Gasteiger partial charge in [0.25, 0.3) is 0 Å². The minimum atomic E-state index is -0.303. The monoisotopic (exact) mass is 528 g/mol. The first-order valence-electron chi connectivity index (χ1n) is 14.6. The molecule has 0 heterocycles. The van der Waals surface area contributed by atoms with Crippen LogP contribution in [-0.2, 0) is 19.1 Å². The molecular formula is C34H56O4. The van der Waals surface area contributed by atoms with Crippen LogP contribution in [0.2, 0.25) is 0 Å². The summed E-state index contributed by atoms with van der Waals surface area (Å²) in [5, 5.41) is 0. The Bertz CT molecular complexity index is 833. The average Bonchev–Trinajstić information content (AvgIpc) is 2.80. The SMILES string of the molecule is CC(C)=CCC/C(C)=C/C(=O)OCCCCOC(=O)/C=C(\C)CC/C=C(\C)CC/C=C(\C)CCCC(C)C. The molecule has 0 N–H and O–H groups in total. The number of hydrogen-bond donors (Lipinski definition) is 0. The molecule has 0 saturated heterocycles. The topological polar surface area (TPSA) is 52.6 Å². The summed E-state index contributed by atoms with van der Waals surface area (Å²) in [5.41, 5.74) is 6.24. The maximum absolute atomic E-state index is 12.0. The van der Waals surface area contributed by atoms with Gasteiger partial charge in [-0.05, 0) is 112 Å². The van der Waals surface area contributed by atoms with Crippen molar-refractivity contribution in [3.8, 4) is 0 Å². The van der Waals surface area contributed by atoms with Gasteiger partial charge in [-0.3, -0.25) is 0 Å². The van der Waals surface area contributed by atoms with Gasteiger partial charge in [0.05, 0.1) is 13.2 Å². The molecule has 0 saturated carbocycles. The fourth-order valence-electron chi connectivity index (χ4n) is 3.85. The lowest BCUT2D eigenvalue weighted by Crippen LogP contribution is -2.07. The first-order valence-corrected chi connectivity index (χ1v) is 14.6. The van der Waals surface area contributed by atoms with Crippen LogP contribution in [0.5, 0.6) is 0 Å². The van der Waals surface area contributed by atoms with E-state index in [1.54, 1.807) is 12.2 Å². The lowest BCUT2D eigenvalue weighted by molar-refractivity contribution is -0.140. The van der Waals surface area contributed by atoms with Crippen LogP contribution in [-0.4, -0.2) is 25.2 Å². The number of rotatable bonds is 20. The van der Waals surface area contributed by atoms with E-state index in [0.29, 0.717) is 26.1 Å². The summed E-state index contributed by atoms with van der Waals surface area (Å²) in [6.07, 6.45) is 20.9. The zero-order valence-electron chi connectivity index (χ0n) is 25.8. The molecule has 216 valence electrons. The summed E-state index contributed by atoms with van der Waals surface area (Å²) in [6.45, 7) is 17.7. The van der Waals surface area contributed by atoms with Gasteiger partial charge < -0.3 is 9.47 Å². The number of allylic oxidation sites excluding steroid dienone is 8. The van der Waals surface area contributed by atoms with Crippen LogP contribution in [0.4, 0.5) is 0 Å². The highest BCUT2D eigenvalue weighted by Gasteiger charge is 2.03. The van der Waals surface area contributed by atoms with Crippen LogP contribution in [0.25, 0.3) is 0 Å². The molecule has 0 fully saturated rings. The Labute approximate surface area is 234 Å². The summed E-state index contributed by atoms with van der Waals surface area (Å²) in [5.74, 6) is 0.187. The van der Waals surface area contributed by atoms with Crippen molar-refractivity contribution in [3.63, 3.8) is 0 Å². The van der Waals surface area contributed by atoms with Crippen LogP contribution in [0.3, 0.4) is 0 Å². The summed E-state index contributed by atoms with van der Waals surface area (Å²) in [6, 6.07) is 0. The Hall–Kier alpha value is -2.36. The van der Waals surface area contributed by atoms with Crippen LogP contribution >= 0.6 is 0 Å². The van der Waals surface area contributed by atoms with Crippen LogP contribution < -0.4 is 0 Å². The molecule has 0 aromatic rings. The summed E-state index contributed by atoms with van der Waals surface area (Å²) >= 11 is 0. The molecule has 0 bridgehead atoms. The molecule has 0 aliphatic rings. The predicted molar refractivity (Wildman–Crippen MR) is 162 cm³/mol. The average molecular weight is 529 g/mol. The molecule has 0 atom stereocenters. The van der Waals surface area contributed by atoms with E-state index in [-0.39, 0.29) is 11.9 Å². The van der Waals surface area contributed by atoms with Crippen molar-refractivity contribution >= 4 is 11.9 Å². The predicted octanol–water partition coefficient (Wildman–Crippen LogP) is 9.77. The van der Waals surface area contributed by atoms with E-state index in [1.807, 2.05) is 13.8 Å². The Morgan fingerprint density at radius 3 is 1.45 bits per heavy atom. The van der Waals surface area contributed by atoms with Crippen LogP contribution in [0, 0.1) is 5.92 Å². The highest BCUT2D eigenvalue weighted by molar-refractivity contribution is 5.83. The van der Waals surface area contributed by atoms with Gasteiger partial charge in [-0.1, -0.05) is 66.4 Å². The Morgan fingerprint density at radius 1 is 0.579 bits per heavy atom. The molecule has 0 aliphatic heterocycles. The fraction of sp³-hybridized carbons (Fsp3) is 0.647. The second kappa shape index (κ2) is 22.6. The summed E-state index contributed by atoms with van der Waals surface area (Å²) in [4.78, 5) is 23.9. The quantitative estimate of drug-likeness (QED) is 0.0683. The van der Waals surface area contributed by atoms with Crippen LogP contribution in [0.15, 0.2) is 58.2 Å². The van der Waals surface area contributed by atoms with Crippen molar-refractivity contribution < 1.29 is 19.1 Å². The number of hydrogen-bond acceptors (Lipinski definition) is 4. The van der Waals surface area contributed by atoms with Crippen molar-refractivity contribution in [1.29, 1.82) is 0 Å². The third-order valence-corrected chi connectivity index (χ3v) is 6.26. The van der Waals surface area contributed by atoms with E-state index < -0.39 is 0 Å². The second-order valence-corrected chi connectivity index (χ2v) is 11.3. The van der Waals surface area contributed by atoms with Crippen molar-refractivity contribution in [2.75, 3.05) is 13.2 Å². The highest BCUT2D eigenvalue weighted by Crippen LogP contribution is 2.15. The van der Waals surface area contributed by atoms with E-state index in [1.165, 1.54) is 36.0 Å². The van der Waals surface area contributed by atoms with Gasteiger partial charge >= 0.3 is 11.9 Å². The van der Waals surface area contributed by atoms with Gasteiger partial charge in [0, 0.05) is 12.2 Å². The van der Waals surface area contributed by atoms with E-state index >= 15 is 0 Å². The number of unbranched alkanes of at least 4 members (excludes halogenated alkanes) is 1.